The summed E-state index contributed by atoms with van der Waals surface area (Å²) in [5, 5.41) is 4.32. The van der Waals surface area contributed by atoms with E-state index >= 15 is 0 Å². The van der Waals surface area contributed by atoms with Crippen molar-refractivity contribution in [1.29, 1.82) is 0 Å². The minimum atomic E-state index is 1.19. The first kappa shape index (κ1) is 7.33. The molecule has 2 rings (SSSR count). The van der Waals surface area contributed by atoms with Crippen molar-refractivity contribution in [1.82, 2.24) is 7.99 Å². The average Bonchev–Trinajstić information content (AvgIpc) is 2.39. The van der Waals surface area contributed by atoms with Gasteiger partial charge in [0.25, 0.3) is 0 Å². The Morgan fingerprint density at radius 1 is 1.40 bits per heavy atom. The molecule has 54 valence electrons. The molecule has 2 nitrogen and oxygen atoms in total. The summed E-state index contributed by atoms with van der Waals surface area (Å²) < 4.78 is 3.18. The first-order valence-electron chi connectivity index (χ1n) is 3.21. The average molecular weight is 360 g/mol. The molecule has 0 N–H and O–H groups in total. The van der Waals surface area contributed by atoms with Crippen LogP contribution >= 0.6 is 45.5 Å². The van der Waals surface area contributed by atoms with E-state index in [4.69, 9.17) is 0 Å². The molecule has 1 aromatic rings. The highest BCUT2D eigenvalue weighted by molar-refractivity contribution is 14.1. The van der Waals surface area contributed by atoms with Crippen molar-refractivity contribution in [3.63, 3.8) is 0 Å². The zero-order valence-electron chi connectivity index (χ0n) is 5.27. The standard InChI is InChI=1S/C6H6I2N2/c7-6-4-2-1-3-5(4)10(8)9-6/h1-3H2. The van der Waals surface area contributed by atoms with E-state index in [1.165, 1.54) is 34.2 Å². The molecule has 1 aromatic heterocycles. The lowest BCUT2D eigenvalue weighted by Gasteiger charge is -1.89. The van der Waals surface area contributed by atoms with Crippen LogP contribution in [-0.4, -0.2) is 7.99 Å². The van der Waals surface area contributed by atoms with Crippen LogP contribution in [0.15, 0.2) is 0 Å². The van der Waals surface area contributed by atoms with E-state index in [1.54, 1.807) is 0 Å². The maximum absolute atomic E-state index is 4.32. The summed E-state index contributed by atoms with van der Waals surface area (Å²) in [6, 6.07) is 0. The lowest BCUT2D eigenvalue weighted by Crippen LogP contribution is -1.87. The van der Waals surface area contributed by atoms with Crippen LogP contribution < -0.4 is 0 Å². The summed E-state index contributed by atoms with van der Waals surface area (Å²) in [4.78, 5) is 0. The topological polar surface area (TPSA) is 17.8 Å². The van der Waals surface area contributed by atoms with E-state index in [0.29, 0.717) is 0 Å². The molecular formula is C6H6I2N2. The first-order valence-corrected chi connectivity index (χ1v) is 5.26. The van der Waals surface area contributed by atoms with Crippen LogP contribution in [0.4, 0.5) is 0 Å². The van der Waals surface area contributed by atoms with Gasteiger partial charge in [-0.2, -0.15) is 5.10 Å². The second-order valence-electron chi connectivity index (χ2n) is 2.43. The molecule has 0 aromatic carbocycles. The molecule has 0 bridgehead atoms. The van der Waals surface area contributed by atoms with E-state index in [0.717, 1.165) is 0 Å². The fourth-order valence-electron chi connectivity index (χ4n) is 1.35. The Hall–Kier alpha value is 0.670. The maximum atomic E-state index is 4.32. The van der Waals surface area contributed by atoms with Crippen LogP contribution in [0.25, 0.3) is 0 Å². The van der Waals surface area contributed by atoms with Crippen LogP contribution in [0.3, 0.4) is 0 Å². The Bertz CT molecular complexity index is 242. The quantitative estimate of drug-likeness (QED) is 0.649. The monoisotopic (exact) mass is 360 g/mol. The summed E-state index contributed by atoms with van der Waals surface area (Å²) in [5.41, 5.74) is 2.92. The number of hydrogen-bond donors (Lipinski definition) is 0. The summed E-state index contributed by atoms with van der Waals surface area (Å²) in [7, 11) is 0. The van der Waals surface area contributed by atoms with Crippen LogP contribution in [0.1, 0.15) is 17.7 Å². The van der Waals surface area contributed by atoms with Gasteiger partial charge in [0.05, 0.1) is 28.6 Å². The van der Waals surface area contributed by atoms with Crippen LogP contribution in [0.2, 0.25) is 0 Å². The molecule has 0 radical (unpaired) electrons. The van der Waals surface area contributed by atoms with Crippen molar-refractivity contribution in [3.05, 3.63) is 15.0 Å². The second-order valence-corrected chi connectivity index (χ2v) is 4.37. The van der Waals surface area contributed by atoms with Gasteiger partial charge < -0.3 is 0 Å². The number of aromatic nitrogens is 2. The van der Waals surface area contributed by atoms with Gasteiger partial charge in [0, 0.05) is 5.56 Å². The van der Waals surface area contributed by atoms with Gasteiger partial charge in [0.15, 0.2) is 0 Å². The normalized spacial score (nSPS) is 15.8. The van der Waals surface area contributed by atoms with E-state index in [9.17, 15) is 0 Å². The third kappa shape index (κ3) is 0.992. The summed E-state index contributed by atoms with van der Waals surface area (Å²) >= 11 is 4.56. The minimum Gasteiger partial charge on any atom is -0.207 e. The van der Waals surface area contributed by atoms with Crippen molar-refractivity contribution in [2.75, 3.05) is 0 Å². The number of rotatable bonds is 0. The third-order valence-corrected chi connectivity index (χ3v) is 3.50. The molecule has 0 fully saturated rings. The van der Waals surface area contributed by atoms with E-state index in [1.807, 2.05) is 2.90 Å². The molecule has 0 atom stereocenters. The highest BCUT2D eigenvalue weighted by Crippen LogP contribution is 2.27. The molecule has 0 aliphatic heterocycles. The number of halogens is 2. The van der Waals surface area contributed by atoms with Crippen LogP contribution in [-0.2, 0) is 12.8 Å². The number of hydrogen-bond acceptors (Lipinski definition) is 1. The molecular weight excluding hydrogens is 354 g/mol. The first-order chi connectivity index (χ1) is 4.79. The van der Waals surface area contributed by atoms with Crippen molar-refractivity contribution in [2.24, 2.45) is 0 Å². The number of fused-ring (bicyclic) bond motifs is 1. The molecule has 1 heterocycles. The van der Waals surface area contributed by atoms with Crippen molar-refractivity contribution < 1.29 is 0 Å². The molecule has 0 unspecified atom stereocenters. The highest BCUT2D eigenvalue weighted by Gasteiger charge is 2.19. The minimum absolute atomic E-state index is 1.19. The van der Waals surface area contributed by atoms with Gasteiger partial charge >= 0.3 is 0 Å². The molecule has 1 aliphatic carbocycles. The molecule has 0 amide bonds. The lowest BCUT2D eigenvalue weighted by molar-refractivity contribution is 0.849. The SMILES string of the molecule is Ic1nn(I)c2c1CCC2. The van der Waals surface area contributed by atoms with Crippen LogP contribution in [0, 0.1) is 3.70 Å². The molecule has 0 saturated heterocycles. The van der Waals surface area contributed by atoms with Gasteiger partial charge in [-0.1, -0.05) is 0 Å². The Balaban J connectivity index is 2.61. The second kappa shape index (κ2) is 2.62. The van der Waals surface area contributed by atoms with Gasteiger partial charge in [-0.25, -0.2) is 2.90 Å². The molecule has 0 spiro atoms. The van der Waals surface area contributed by atoms with Crippen molar-refractivity contribution in [3.8, 4) is 0 Å². The molecule has 4 heteroatoms. The van der Waals surface area contributed by atoms with E-state index < -0.39 is 0 Å². The van der Waals surface area contributed by atoms with Gasteiger partial charge in [0.2, 0.25) is 0 Å². The van der Waals surface area contributed by atoms with Crippen molar-refractivity contribution in [2.45, 2.75) is 19.3 Å². The zero-order valence-corrected chi connectivity index (χ0v) is 9.59. The lowest BCUT2D eigenvalue weighted by atomic mass is 10.3. The fraction of sp³-hybridized carbons (Fsp3) is 0.500. The maximum Gasteiger partial charge on any atom is 0.127 e. The molecule has 1 aliphatic rings. The predicted molar refractivity (Wildman–Crippen MR) is 56.4 cm³/mol. The van der Waals surface area contributed by atoms with Gasteiger partial charge in [-0.05, 0) is 41.9 Å². The molecule has 0 saturated carbocycles. The van der Waals surface area contributed by atoms with Gasteiger partial charge in [-0.15, -0.1) is 0 Å². The Morgan fingerprint density at radius 2 is 2.20 bits per heavy atom. The van der Waals surface area contributed by atoms with Gasteiger partial charge in [-0.3, -0.25) is 0 Å². The molecule has 10 heavy (non-hydrogen) atoms. The van der Waals surface area contributed by atoms with E-state index in [-0.39, 0.29) is 0 Å². The smallest absolute Gasteiger partial charge is 0.127 e. The Labute approximate surface area is 87.0 Å². The Morgan fingerprint density at radius 3 is 2.90 bits per heavy atom. The fourth-order valence-corrected chi connectivity index (χ4v) is 3.31. The predicted octanol–water partition coefficient (Wildman–Crippen LogP) is 2.17. The van der Waals surface area contributed by atoms with Gasteiger partial charge in [0.1, 0.15) is 3.70 Å². The van der Waals surface area contributed by atoms with E-state index in [2.05, 4.69) is 50.6 Å². The summed E-state index contributed by atoms with van der Waals surface area (Å²) in [6.07, 6.45) is 3.76. The summed E-state index contributed by atoms with van der Waals surface area (Å²) in [5.74, 6) is 0. The third-order valence-electron chi connectivity index (χ3n) is 1.84. The van der Waals surface area contributed by atoms with Crippen LogP contribution in [0.5, 0.6) is 0 Å². The Kier molecular flexibility index (Phi) is 1.92. The number of nitrogens with zero attached hydrogens (tertiary/aromatic N) is 2. The highest BCUT2D eigenvalue weighted by atomic mass is 127. The zero-order chi connectivity index (χ0) is 7.14. The summed E-state index contributed by atoms with van der Waals surface area (Å²) in [6.45, 7) is 0. The van der Waals surface area contributed by atoms with Crippen molar-refractivity contribution >= 4 is 45.5 Å². The largest absolute Gasteiger partial charge is 0.207 e.